The van der Waals surface area contributed by atoms with Gasteiger partial charge < -0.3 is 5.32 Å². The number of carbonyl (C=O) groups is 1. The molecule has 1 aliphatic rings. The summed E-state index contributed by atoms with van der Waals surface area (Å²) in [5.74, 6) is -0.0572. The molecule has 0 spiro atoms. The van der Waals surface area contributed by atoms with Gasteiger partial charge in [0, 0.05) is 19.6 Å². The molecule has 2 heterocycles. The van der Waals surface area contributed by atoms with Crippen LogP contribution in [0.3, 0.4) is 0 Å². The van der Waals surface area contributed by atoms with Crippen LogP contribution in [0.1, 0.15) is 6.42 Å². The third-order valence-electron chi connectivity index (χ3n) is 3.09. The quantitative estimate of drug-likeness (QED) is 0.827. The van der Waals surface area contributed by atoms with Gasteiger partial charge in [-0.3, -0.25) is 4.79 Å². The van der Waals surface area contributed by atoms with Gasteiger partial charge in [0.1, 0.15) is 4.21 Å². The Morgan fingerprint density at radius 2 is 2.42 bits per heavy atom. The van der Waals surface area contributed by atoms with Crippen molar-refractivity contribution in [2.75, 3.05) is 19.6 Å². The first kappa shape index (κ1) is 14.2. The normalized spacial score (nSPS) is 20.3. The Morgan fingerprint density at radius 3 is 3.05 bits per heavy atom. The summed E-state index contributed by atoms with van der Waals surface area (Å²) in [5, 5.41) is 4.46. The molecule has 1 aromatic heterocycles. The summed E-state index contributed by atoms with van der Waals surface area (Å²) in [6.45, 7) is 4.83. The zero-order valence-corrected chi connectivity index (χ0v) is 12.0. The van der Waals surface area contributed by atoms with E-state index in [9.17, 15) is 13.2 Å². The molecular weight excluding hydrogens is 284 g/mol. The van der Waals surface area contributed by atoms with Crippen molar-refractivity contribution in [3.63, 3.8) is 0 Å². The highest BCUT2D eigenvalue weighted by Gasteiger charge is 2.32. The first-order valence-electron chi connectivity index (χ1n) is 5.98. The Balaban J connectivity index is 1.95. The molecule has 0 radical (unpaired) electrons. The maximum atomic E-state index is 12.3. The fraction of sp³-hybridized carbons (Fsp3) is 0.417. The van der Waals surface area contributed by atoms with Crippen LogP contribution in [0.4, 0.5) is 0 Å². The second-order valence-corrected chi connectivity index (χ2v) is 7.51. The van der Waals surface area contributed by atoms with Crippen LogP contribution in [0.5, 0.6) is 0 Å². The van der Waals surface area contributed by atoms with Crippen molar-refractivity contribution in [3.05, 3.63) is 30.2 Å². The molecule has 1 N–H and O–H groups in total. The molecule has 1 amide bonds. The Labute approximate surface area is 117 Å². The Hall–Kier alpha value is -1.18. The number of nitrogens with one attached hydrogen (secondary N) is 1. The summed E-state index contributed by atoms with van der Waals surface area (Å²) in [6, 6.07) is 3.35. The lowest BCUT2D eigenvalue weighted by Crippen LogP contribution is -2.32. The summed E-state index contributed by atoms with van der Waals surface area (Å²) >= 11 is 1.23. The average Bonchev–Trinajstić information content (AvgIpc) is 3.06. The highest BCUT2D eigenvalue weighted by Crippen LogP contribution is 2.26. The van der Waals surface area contributed by atoms with E-state index in [1.54, 1.807) is 17.5 Å². The predicted octanol–water partition coefficient (Wildman–Crippen LogP) is 1.06. The molecule has 5 nitrogen and oxygen atoms in total. The molecule has 19 heavy (non-hydrogen) atoms. The van der Waals surface area contributed by atoms with Crippen molar-refractivity contribution in [1.29, 1.82) is 0 Å². The van der Waals surface area contributed by atoms with Crippen molar-refractivity contribution in [3.8, 4) is 0 Å². The lowest BCUT2D eigenvalue weighted by Gasteiger charge is -2.15. The van der Waals surface area contributed by atoms with Gasteiger partial charge in [0.15, 0.2) is 0 Å². The van der Waals surface area contributed by atoms with Gasteiger partial charge in [-0.05, 0) is 29.9 Å². The highest BCUT2D eigenvalue weighted by atomic mass is 32.2. The van der Waals surface area contributed by atoms with Crippen molar-refractivity contribution in [2.24, 2.45) is 5.92 Å². The summed E-state index contributed by atoms with van der Waals surface area (Å²) in [5.41, 5.74) is 0. The van der Waals surface area contributed by atoms with Gasteiger partial charge in [0.2, 0.25) is 5.91 Å². The molecule has 0 saturated carbocycles. The van der Waals surface area contributed by atoms with Crippen LogP contribution in [0.2, 0.25) is 0 Å². The number of sulfonamides is 1. The maximum Gasteiger partial charge on any atom is 0.252 e. The van der Waals surface area contributed by atoms with E-state index in [0.717, 1.165) is 6.42 Å². The smallest absolute Gasteiger partial charge is 0.252 e. The molecule has 1 saturated heterocycles. The maximum absolute atomic E-state index is 12.3. The van der Waals surface area contributed by atoms with E-state index in [4.69, 9.17) is 0 Å². The highest BCUT2D eigenvalue weighted by molar-refractivity contribution is 7.91. The summed E-state index contributed by atoms with van der Waals surface area (Å²) < 4.78 is 26.4. The third-order valence-corrected chi connectivity index (χ3v) is 6.33. The van der Waals surface area contributed by atoms with Crippen molar-refractivity contribution in [2.45, 2.75) is 10.6 Å². The van der Waals surface area contributed by atoms with E-state index in [0.29, 0.717) is 23.8 Å². The molecule has 1 atom stereocenters. The lowest BCUT2D eigenvalue weighted by molar-refractivity contribution is -0.116. The van der Waals surface area contributed by atoms with Gasteiger partial charge >= 0.3 is 0 Å². The number of carbonyl (C=O) groups excluding carboxylic acids is 1. The number of nitrogens with zero attached hydrogens (tertiary/aromatic N) is 1. The van der Waals surface area contributed by atoms with Crippen LogP contribution in [-0.2, 0) is 14.8 Å². The van der Waals surface area contributed by atoms with Gasteiger partial charge in [-0.15, -0.1) is 11.3 Å². The SMILES string of the molecule is C=CC(=O)NCC1CCN(S(=O)(=O)c2cccs2)C1. The second kappa shape index (κ2) is 5.85. The number of rotatable bonds is 5. The molecule has 1 unspecified atom stereocenters. The predicted molar refractivity (Wildman–Crippen MR) is 74.4 cm³/mol. The average molecular weight is 300 g/mol. The molecule has 104 valence electrons. The fourth-order valence-electron chi connectivity index (χ4n) is 2.04. The largest absolute Gasteiger partial charge is 0.352 e. The van der Waals surface area contributed by atoms with Gasteiger partial charge in [0.25, 0.3) is 10.0 Å². The van der Waals surface area contributed by atoms with E-state index in [1.165, 1.54) is 21.7 Å². The first-order valence-corrected chi connectivity index (χ1v) is 8.30. The molecule has 0 bridgehead atoms. The minimum absolute atomic E-state index is 0.165. The topological polar surface area (TPSA) is 66.5 Å². The minimum atomic E-state index is -3.35. The van der Waals surface area contributed by atoms with Crippen LogP contribution in [0, 0.1) is 5.92 Å². The molecule has 1 aromatic rings. The standard InChI is InChI=1S/C12H16N2O3S2/c1-2-11(15)13-8-10-5-6-14(9-10)19(16,17)12-4-3-7-18-12/h2-4,7,10H,1,5-6,8-9H2,(H,13,15). The number of thiophene rings is 1. The van der Waals surface area contributed by atoms with Gasteiger partial charge in [-0.2, -0.15) is 4.31 Å². The number of hydrogen-bond acceptors (Lipinski definition) is 4. The van der Waals surface area contributed by atoms with Crippen LogP contribution >= 0.6 is 11.3 Å². The van der Waals surface area contributed by atoms with E-state index in [1.807, 2.05) is 0 Å². The first-order chi connectivity index (χ1) is 9.04. The summed E-state index contributed by atoms with van der Waals surface area (Å²) in [6.07, 6.45) is 1.98. The minimum Gasteiger partial charge on any atom is -0.352 e. The lowest BCUT2D eigenvalue weighted by atomic mass is 10.1. The monoisotopic (exact) mass is 300 g/mol. The van der Waals surface area contributed by atoms with Gasteiger partial charge in [-0.25, -0.2) is 8.42 Å². The Bertz CT molecular complexity index is 552. The molecular formula is C12H16N2O3S2. The van der Waals surface area contributed by atoms with Gasteiger partial charge in [0.05, 0.1) is 0 Å². The van der Waals surface area contributed by atoms with Crippen LogP contribution in [0.15, 0.2) is 34.4 Å². The Kier molecular flexibility index (Phi) is 4.38. The molecule has 1 fully saturated rings. The second-order valence-electron chi connectivity index (χ2n) is 4.40. The molecule has 2 rings (SSSR count). The zero-order chi connectivity index (χ0) is 13.9. The van der Waals surface area contributed by atoms with Crippen LogP contribution in [0.25, 0.3) is 0 Å². The fourth-order valence-corrected chi connectivity index (χ4v) is 4.71. The van der Waals surface area contributed by atoms with Crippen LogP contribution in [-0.4, -0.2) is 38.3 Å². The summed E-state index contributed by atoms with van der Waals surface area (Å²) in [4.78, 5) is 11.1. The summed E-state index contributed by atoms with van der Waals surface area (Å²) in [7, 11) is -3.35. The van der Waals surface area contributed by atoms with Crippen molar-refractivity contribution >= 4 is 27.3 Å². The van der Waals surface area contributed by atoms with Crippen molar-refractivity contribution < 1.29 is 13.2 Å². The van der Waals surface area contributed by atoms with Gasteiger partial charge in [-0.1, -0.05) is 12.6 Å². The molecule has 0 aromatic carbocycles. The number of amides is 1. The van der Waals surface area contributed by atoms with E-state index < -0.39 is 10.0 Å². The zero-order valence-electron chi connectivity index (χ0n) is 10.4. The molecule has 1 aliphatic heterocycles. The van der Waals surface area contributed by atoms with E-state index in [2.05, 4.69) is 11.9 Å². The van der Waals surface area contributed by atoms with E-state index >= 15 is 0 Å². The molecule has 0 aliphatic carbocycles. The van der Waals surface area contributed by atoms with Crippen molar-refractivity contribution in [1.82, 2.24) is 9.62 Å². The third kappa shape index (κ3) is 3.23. The Morgan fingerprint density at radius 1 is 1.63 bits per heavy atom. The molecule has 7 heteroatoms. The van der Waals surface area contributed by atoms with Crippen LogP contribution < -0.4 is 5.32 Å². The van der Waals surface area contributed by atoms with E-state index in [-0.39, 0.29) is 11.8 Å². The number of hydrogen-bond donors (Lipinski definition) is 1.